The monoisotopic (exact) mass is 338 g/mol. The summed E-state index contributed by atoms with van der Waals surface area (Å²) in [6.07, 6.45) is 2.24. The molecule has 1 fully saturated rings. The number of rotatable bonds is 5. The van der Waals surface area contributed by atoms with E-state index in [0.717, 1.165) is 47.8 Å². The first kappa shape index (κ1) is 16.1. The number of β-amino-alcohol motifs (C(OH)–C–C–N with tert-alkyl or cyclic N) is 1. The minimum absolute atomic E-state index is 0.166. The van der Waals surface area contributed by atoms with Crippen LogP contribution in [0.25, 0.3) is 11.3 Å². The van der Waals surface area contributed by atoms with Gasteiger partial charge < -0.3 is 9.63 Å². The Hall–Kier alpha value is -2.44. The van der Waals surface area contributed by atoms with E-state index < -0.39 is 0 Å². The Morgan fingerprint density at radius 3 is 2.88 bits per heavy atom. The number of aliphatic hydroxyl groups excluding tert-OH is 1. The molecule has 2 atom stereocenters. The largest absolute Gasteiger partial charge is 0.391 e. The van der Waals surface area contributed by atoms with Crippen LogP contribution in [-0.4, -0.2) is 44.6 Å². The highest BCUT2D eigenvalue weighted by molar-refractivity contribution is 5.62. The van der Waals surface area contributed by atoms with Crippen molar-refractivity contribution in [3.05, 3.63) is 59.6 Å². The minimum atomic E-state index is -0.350. The van der Waals surface area contributed by atoms with Crippen molar-refractivity contribution in [2.75, 3.05) is 13.1 Å². The molecule has 1 aliphatic heterocycles. The Bertz CT molecular complexity index is 827. The first-order valence-electron chi connectivity index (χ1n) is 8.59. The maximum Gasteiger partial charge on any atom is 0.137 e. The highest BCUT2D eigenvalue weighted by Crippen LogP contribution is 2.26. The Balaban J connectivity index is 1.44. The topological polar surface area (TPSA) is 78.2 Å². The highest BCUT2D eigenvalue weighted by atomic mass is 16.5. The zero-order valence-corrected chi connectivity index (χ0v) is 14.2. The number of aryl methyl sites for hydroxylation is 1. The molecule has 2 aromatic heterocycles. The molecule has 0 aliphatic carbocycles. The fourth-order valence-electron chi connectivity index (χ4n) is 3.57. The Kier molecular flexibility index (Phi) is 4.38. The van der Waals surface area contributed by atoms with Crippen LogP contribution in [0.5, 0.6) is 0 Å². The summed E-state index contributed by atoms with van der Waals surface area (Å²) in [5.74, 6) is 1.01. The van der Waals surface area contributed by atoms with Gasteiger partial charge in [0.1, 0.15) is 5.76 Å². The third-order valence-corrected chi connectivity index (χ3v) is 4.80. The van der Waals surface area contributed by atoms with Crippen LogP contribution in [0.1, 0.15) is 17.0 Å². The molecule has 3 aromatic rings. The van der Waals surface area contributed by atoms with Gasteiger partial charge >= 0.3 is 0 Å². The van der Waals surface area contributed by atoms with Gasteiger partial charge in [-0.05, 0) is 12.5 Å². The van der Waals surface area contributed by atoms with E-state index in [1.807, 2.05) is 37.4 Å². The SMILES string of the molecule is Cc1cc(C[C@@H]2CN(Cc3cn[nH]c3-c3ccccc3)C[C@@H]2O)on1. The molecule has 0 saturated carbocycles. The van der Waals surface area contributed by atoms with Crippen LogP contribution in [0, 0.1) is 12.8 Å². The number of hydrogen-bond donors (Lipinski definition) is 2. The van der Waals surface area contributed by atoms with E-state index >= 15 is 0 Å². The number of hydrogen-bond acceptors (Lipinski definition) is 5. The molecule has 0 spiro atoms. The van der Waals surface area contributed by atoms with E-state index in [0.29, 0.717) is 6.54 Å². The molecule has 1 saturated heterocycles. The molecular weight excluding hydrogens is 316 g/mol. The molecule has 130 valence electrons. The fourth-order valence-corrected chi connectivity index (χ4v) is 3.57. The number of aromatic nitrogens is 3. The van der Waals surface area contributed by atoms with Crippen molar-refractivity contribution >= 4 is 0 Å². The van der Waals surface area contributed by atoms with E-state index in [2.05, 4.69) is 32.4 Å². The summed E-state index contributed by atoms with van der Waals surface area (Å²) in [4.78, 5) is 2.27. The number of likely N-dealkylation sites (tertiary alicyclic amines) is 1. The fraction of sp³-hybridized carbons (Fsp3) is 0.368. The molecule has 0 unspecified atom stereocenters. The van der Waals surface area contributed by atoms with Crippen molar-refractivity contribution in [2.45, 2.75) is 26.0 Å². The van der Waals surface area contributed by atoms with Crippen LogP contribution >= 0.6 is 0 Å². The zero-order chi connectivity index (χ0) is 17.2. The predicted octanol–water partition coefficient (Wildman–Crippen LogP) is 2.41. The molecule has 6 nitrogen and oxygen atoms in total. The van der Waals surface area contributed by atoms with E-state index in [9.17, 15) is 5.11 Å². The Labute approximate surface area is 146 Å². The average molecular weight is 338 g/mol. The van der Waals surface area contributed by atoms with Crippen molar-refractivity contribution in [2.24, 2.45) is 5.92 Å². The van der Waals surface area contributed by atoms with Gasteiger partial charge in [0, 0.05) is 43.6 Å². The molecule has 1 aliphatic rings. The van der Waals surface area contributed by atoms with Gasteiger partial charge in [-0.3, -0.25) is 10.00 Å². The summed E-state index contributed by atoms with van der Waals surface area (Å²) in [7, 11) is 0. The second kappa shape index (κ2) is 6.82. The number of aliphatic hydroxyl groups is 1. The zero-order valence-electron chi connectivity index (χ0n) is 14.2. The Morgan fingerprint density at radius 2 is 2.12 bits per heavy atom. The maximum atomic E-state index is 10.4. The average Bonchev–Trinajstić information content (AvgIpc) is 3.31. The number of H-pyrrole nitrogens is 1. The van der Waals surface area contributed by atoms with Gasteiger partial charge in [-0.1, -0.05) is 35.5 Å². The smallest absolute Gasteiger partial charge is 0.137 e. The van der Waals surface area contributed by atoms with Gasteiger partial charge in [0.05, 0.1) is 23.7 Å². The van der Waals surface area contributed by atoms with Crippen LogP contribution in [0.15, 0.2) is 47.1 Å². The molecule has 25 heavy (non-hydrogen) atoms. The van der Waals surface area contributed by atoms with Gasteiger partial charge in [-0.15, -0.1) is 0 Å². The molecule has 0 amide bonds. The van der Waals surface area contributed by atoms with Crippen molar-refractivity contribution < 1.29 is 9.63 Å². The normalized spacial score (nSPS) is 21.0. The maximum absolute atomic E-state index is 10.4. The summed E-state index contributed by atoms with van der Waals surface area (Å²) >= 11 is 0. The van der Waals surface area contributed by atoms with Crippen molar-refractivity contribution in [3.8, 4) is 11.3 Å². The number of aromatic amines is 1. The van der Waals surface area contributed by atoms with E-state index in [1.54, 1.807) is 0 Å². The van der Waals surface area contributed by atoms with Gasteiger partial charge in [-0.2, -0.15) is 5.10 Å². The highest BCUT2D eigenvalue weighted by Gasteiger charge is 2.32. The standard InChI is InChI=1S/C19H22N4O2/c1-13-7-17(25-22-13)8-15-10-23(12-18(15)24)11-16-9-20-21-19(16)14-5-3-2-4-6-14/h2-7,9,15,18,24H,8,10-12H2,1H3,(H,20,21)/t15-,18+/m1/s1. The molecule has 6 heteroatoms. The second-order valence-corrected chi connectivity index (χ2v) is 6.80. The third kappa shape index (κ3) is 3.50. The molecule has 2 N–H and O–H groups in total. The van der Waals surface area contributed by atoms with Crippen LogP contribution in [-0.2, 0) is 13.0 Å². The minimum Gasteiger partial charge on any atom is -0.391 e. The van der Waals surface area contributed by atoms with Crippen LogP contribution in [0.2, 0.25) is 0 Å². The van der Waals surface area contributed by atoms with Crippen molar-refractivity contribution in [3.63, 3.8) is 0 Å². The Morgan fingerprint density at radius 1 is 1.28 bits per heavy atom. The molecule has 0 bridgehead atoms. The quantitative estimate of drug-likeness (QED) is 0.747. The summed E-state index contributed by atoms with van der Waals surface area (Å²) in [6, 6.07) is 12.1. The predicted molar refractivity (Wildman–Crippen MR) is 93.7 cm³/mol. The van der Waals surface area contributed by atoms with Crippen molar-refractivity contribution in [1.29, 1.82) is 0 Å². The number of nitrogens with one attached hydrogen (secondary N) is 1. The molecule has 0 radical (unpaired) electrons. The molecule has 1 aromatic carbocycles. The lowest BCUT2D eigenvalue weighted by Crippen LogP contribution is -2.21. The molecule has 4 rings (SSSR count). The first-order chi connectivity index (χ1) is 12.2. The van der Waals surface area contributed by atoms with Crippen molar-refractivity contribution in [1.82, 2.24) is 20.3 Å². The van der Waals surface area contributed by atoms with Gasteiger partial charge in [-0.25, -0.2) is 0 Å². The number of benzene rings is 1. The number of nitrogens with zero attached hydrogens (tertiary/aromatic N) is 3. The lowest BCUT2D eigenvalue weighted by Gasteiger charge is -2.15. The van der Waals surface area contributed by atoms with Crippen LogP contribution in [0.4, 0.5) is 0 Å². The third-order valence-electron chi connectivity index (χ3n) is 4.80. The molecule has 3 heterocycles. The van der Waals surface area contributed by atoms with Gasteiger partial charge in [0.15, 0.2) is 0 Å². The van der Waals surface area contributed by atoms with E-state index in [4.69, 9.17) is 4.52 Å². The van der Waals surface area contributed by atoms with E-state index in [1.165, 1.54) is 0 Å². The van der Waals surface area contributed by atoms with Gasteiger partial charge in [0.2, 0.25) is 0 Å². The summed E-state index contributed by atoms with van der Waals surface area (Å²) in [6.45, 7) is 4.18. The van der Waals surface area contributed by atoms with E-state index in [-0.39, 0.29) is 12.0 Å². The van der Waals surface area contributed by atoms with Crippen LogP contribution in [0.3, 0.4) is 0 Å². The first-order valence-corrected chi connectivity index (χ1v) is 8.59. The second-order valence-electron chi connectivity index (χ2n) is 6.80. The summed E-state index contributed by atoms with van der Waals surface area (Å²) in [5.41, 5.74) is 4.20. The molecular formula is C19H22N4O2. The summed E-state index contributed by atoms with van der Waals surface area (Å²) in [5, 5.41) is 21.7. The van der Waals surface area contributed by atoms with Crippen LogP contribution < -0.4 is 0 Å². The summed E-state index contributed by atoms with van der Waals surface area (Å²) < 4.78 is 5.30. The lowest BCUT2D eigenvalue weighted by molar-refractivity contribution is 0.137. The lowest BCUT2D eigenvalue weighted by atomic mass is 10.0. The van der Waals surface area contributed by atoms with Gasteiger partial charge in [0.25, 0.3) is 0 Å².